The monoisotopic (exact) mass is 665 g/mol. The van der Waals surface area contributed by atoms with Crippen molar-refractivity contribution in [1.82, 2.24) is 5.32 Å². The number of benzene rings is 4. The first-order chi connectivity index (χ1) is 21.6. The van der Waals surface area contributed by atoms with Crippen LogP contribution in [0.25, 0.3) is 6.08 Å². The van der Waals surface area contributed by atoms with Crippen molar-refractivity contribution in [2.75, 3.05) is 17.7 Å². The van der Waals surface area contributed by atoms with Gasteiger partial charge in [0.1, 0.15) is 17.3 Å². The lowest BCUT2D eigenvalue weighted by Crippen LogP contribution is -2.30. The van der Waals surface area contributed by atoms with Crippen molar-refractivity contribution >= 4 is 70.1 Å². The van der Waals surface area contributed by atoms with E-state index in [9.17, 15) is 18.8 Å². The third kappa shape index (κ3) is 8.88. The predicted molar refractivity (Wildman–Crippen MR) is 180 cm³/mol. The zero-order valence-corrected chi connectivity index (χ0v) is 26.9. The molecule has 0 saturated carbocycles. The van der Waals surface area contributed by atoms with Crippen LogP contribution in [0, 0.1) is 12.7 Å². The summed E-state index contributed by atoms with van der Waals surface area (Å²) in [6.07, 6.45) is 1.71. The molecule has 1 atom stereocenters. The van der Waals surface area contributed by atoms with Crippen LogP contribution in [0.3, 0.4) is 0 Å². The number of carbonyl (C=O) groups is 3. The highest BCUT2D eigenvalue weighted by molar-refractivity contribution is 8.00. The fourth-order valence-electron chi connectivity index (χ4n) is 4.21. The number of anilines is 2. The van der Waals surface area contributed by atoms with Gasteiger partial charge >= 0.3 is 0 Å². The maximum atomic E-state index is 14.6. The van der Waals surface area contributed by atoms with Crippen molar-refractivity contribution in [2.45, 2.75) is 30.4 Å². The molecule has 0 bridgehead atoms. The van der Waals surface area contributed by atoms with Gasteiger partial charge < -0.3 is 20.7 Å². The van der Waals surface area contributed by atoms with E-state index >= 15 is 0 Å². The summed E-state index contributed by atoms with van der Waals surface area (Å²) in [5.74, 6) is -1.69. The number of halogens is 3. The number of hydrogen-bond acceptors (Lipinski definition) is 5. The molecular weight excluding hydrogens is 636 g/mol. The number of aryl methyl sites for hydroxylation is 1. The van der Waals surface area contributed by atoms with Gasteiger partial charge in [-0.25, -0.2) is 4.39 Å². The molecule has 4 rings (SSSR count). The molecule has 45 heavy (non-hydrogen) atoms. The van der Waals surface area contributed by atoms with Gasteiger partial charge in [0, 0.05) is 32.8 Å². The molecule has 4 aromatic carbocycles. The summed E-state index contributed by atoms with van der Waals surface area (Å²) in [5, 5.41) is 8.38. The van der Waals surface area contributed by atoms with Crippen molar-refractivity contribution in [2.24, 2.45) is 0 Å². The summed E-state index contributed by atoms with van der Waals surface area (Å²) >= 11 is 13.7. The maximum Gasteiger partial charge on any atom is 0.272 e. The first kappa shape index (κ1) is 33.6. The molecule has 0 radical (unpaired) electrons. The van der Waals surface area contributed by atoms with Crippen LogP contribution in [-0.4, -0.2) is 30.1 Å². The average Bonchev–Trinajstić information content (AvgIpc) is 3.03. The normalized spacial score (nSPS) is 11.8. The number of methoxy groups -OCH3 is 1. The third-order valence-electron chi connectivity index (χ3n) is 6.59. The highest BCUT2D eigenvalue weighted by atomic mass is 35.5. The fourth-order valence-corrected chi connectivity index (χ4v) is 5.60. The first-order valence-corrected chi connectivity index (χ1v) is 15.5. The Bertz CT molecular complexity index is 1730. The molecule has 0 saturated heterocycles. The van der Waals surface area contributed by atoms with E-state index in [4.69, 9.17) is 27.9 Å². The highest BCUT2D eigenvalue weighted by Gasteiger charge is 2.21. The summed E-state index contributed by atoms with van der Waals surface area (Å²) in [6, 6.07) is 22.8. The molecule has 0 aliphatic carbocycles. The molecule has 0 aliphatic heterocycles. The number of nitrogens with one attached hydrogen (secondary N) is 3. The number of amides is 3. The second kappa shape index (κ2) is 15.6. The Morgan fingerprint density at radius 1 is 0.933 bits per heavy atom. The van der Waals surface area contributed by atoms with Gasteiger partial charge in [0.15, 0.2) is 0 Å². The zero-order chi connectivity index (χ0) is 32.5. The van der Waals surface area contributed by atoms with Gasteiger partial charge in [0.25, 0.3) is 11.8 Å². The molecule has 0 fully saturated rings. The number of rotatable bonds is 11. The molecule has 0 spiro atoms. The minimum Gasteiger partial charge on any atom is -0.495 e. The molecule has 11 heteroatoms. The number of thioether (sulfide) groups is 1. The summed E-state index contributed by atoms with van der Waals surface area (Å²) in [6.45, 7) is 3.73. The molecule has 4 aromatic rings. The first-order valence-electron chi connectivity index (χ1n) is 13.8. The van der Waals surface area contributed by atoms with Crippen LogP contribution in [0.4, 0.5) is 15.8 Å². The standard InChI is InChI=1S/C34H30Cl2FN3O4S/c1-4-31(34(43)39-28-16-20(2)26(36)19-30(28)44-3)45-23-13-8-12-22(17-23)38-33(42)29(18-24-25(35)14-9-15-27(24)37)40-32(41)21-10-6-5-7-11-21/h5-19,31H,4H2,1-3H3,(H,38,42)(H,39,43)(H,40,41)/b29-18+. The van der Waals surface area contributed by atoms with Gasteiger partial charge in [-0.15, -0.1) is 11.8 Å². The number of carbonyl (C=O) groups excluding carboxylic acids is 3. The second-order valence-corrected chi connectivity index (χ2v) is 11.9. The third-order valence-corrected chi connectivity index (χ3v) is 8.68. The Hall–Kier alpha value is -4.31. The minimum absolute atomic E-state index is 0.0497. The smallest absolute Gasteiger partial charge is 0.272 e. The number of hydrogen-bond donors (Lipinski definition) is 3. The second-order valence-electron chi connectivity index (χ2n) is 9.80. The summed E-state index contributed by atoms with van der Waals surface area (Å²) in [7, 11) is 1.50. The fraction of sp³-hybridized carbons (Fsp3) is 0.147. The van der Waals surface area contributed by atoms with Crippen LogP contribution in [0.5, 0.6) is 5.75 Å². The molecule has 3 amide bonds. The number of ether oxygens (including phenoxy) is 1. The average molecular weight is 667 g/mol. The van der Waals surface area contributed by atoms with Crippen LogP contribution in [0.2, 0.25) is 10.0 Å². The molecule has 1 unspecified atom stereocenters. The van der Waals surface area contributed by atoms with Crippen LogP contribution in [-0.2, 0) is 9.59 Å². The van der Waals surface area contributed by atoms with Crippen molar-refractivity contribution in [3.63, 3.8) is 0 Å². The van der Waals surface area contributed by atoms with Crippen LogP contribution < -0.4 is 20.7 Å². The quantitative estimate of drug-likeness (QED) is 0.110. The van der Waals surface area contributed by atoms with Gasteiger partial charge in [-0.2, -0.15) is 0 Å². The Morgan fingerprint density at radius 2 is 1.67 bits per heavy atom. The SMILES string of the molecule is CCC(Sc1cccc(NC(=O)/C(=C\c2c(F)cccc2Cl)NC(=O)c2ccccc2)c1)C(=O)Nc1cc(C)c(Cl)cc1OC. The molecule has 0 aliphatic rings. The lowest BCUT2D eigenvalue weighted by atomic mass is 10.1. The Balaban J connectivity index is 1.54. The summed E-state index contributed by atoms with van der Waals surface area (Å²) in [4.78, 5) is 40.4. The topological polar surface area (TPSA) is 96.5 Å². The van der Waals surface area contributed by atoms with Gasteiger partial charge in [-0.1, -0.05) is 60.5 Å². The van der Waals surface area contributed by atoms with Crippen molar-refractivity contribution in [3.8, 4) is 5.75 Å². The van der Waals surface area contributed by atoms with E-state index < -0.39 is 22.9 Å². The predicted octanol–water partition coefficient (Wildman–Crippen LogP) is 8.37. The van der Waals surface area contributed by atoms with Gasteiger partial charge in [-0.3, -0.25) is 14.4 Å². The van der Waals surface area contributed by atoms with Crippen molar-refractivity contribution in [3.05, 3.63) is 123 Å². The van der Waals surface area contributed by atoms with Crippen LogP contribution in [0.15, 0.2) is 95.5 Å². The molecule has 0 aromatic heterocycles. The van der Waals surface area contributed by atoms with Crippen LogP contribution >= 0.6 is 35.0 Å². The van der Waals surface area contributed by atoms with Crippen molar-refractivity contribution in [1.29, 1.82) is 0 Å². The van der Waals surface area contributed by atoms with Gasteiger partial charge in [0.2, 0.25) is 5.91 Å². The van der Waals surface area contributed by atoms with Crippen molar-refractivity contribution < 1.29 is 23.5 Å². The molecule has 7 nitrogen and oxygen atoms in total. The molecule has 0 heterocycles. The molecule has 232 valence electrons. The largest absolute Gasteiger partial charge is 0.495 e. The molecule has 3 N–H and O–H groups in total. The van der Waals surface area contributed by atoms with E-state index in [1.54, 1.807) is 60.7 Å². The Morgan fingerprint density at radius 3 is 2.36 bits per heavy atom. The highest BCUT2D eigenvalue weighted by Crippen LogP contribution is 2.33. The van der Waals surface area contributed by atoms with Crippen LogP contribution in [0.1, 0.15) is 34.8 Å². The summed E-state index contributed by atoms with van der Waals surface area (Å²) < 4.78 is 20.0. The lowest BCUT2D eigenvalue weighted by Gasteiger charge is -2.18. The van der Waals surface area contributed by atoms with E-state index in [1.165, 1.54) is 43.1 Å². The zero-order valence-electron chi connectivity index (χ0n) is 24.6. The Labute approximate surface area is 275 Å². The summed E-state index contributed by atoms with van der Waals surface area (Å²) in [5.41, 5.74) is 1.75. The van der Waals surface area contributed by atoms with E-state index in [2.05, 4.69) is 16.0 Å². The molecular formula is C34H30Cl2FN3O4S. The maximum absolute atomic E-state index is 14.6. The van der Waals surface area contributed by atoms with Gasteiger partial charge in [-0.05, 0) is 73.5 Å². The Kier molecular flexibility index (Phi) is 11.6. The van der Waals surface area contributed by atoms with E-state index in [0.717, 1.165) is 5.56 Å². The van der Waals surface area contributed by atoms with E-state index in [1.807, 2.05) is 19.9 Å². The van der Waals surface area contributed by atoms with E-state index in [-0.39, 0.29) is 22.2 Å². The van der Waals surface area contributed by atoms with E-state index in [0.29, 0.717) is 39.0 Å². The van der Waals surface area contributed by atoms with Gasteiger partial charge in [0.05, 0.1) is 23.1 Å². The lowest BCUT2D eigenvalue weighted by molar-refractivity contribution is -0.116. The minimum atomic E-state index is -0.698.